The highest BCUT2D eigenvalue weighted by Gasteiger charge is 2.32. The van der Waals surface area contributed by atoms with Crippen LogP contribution in [0.4, 0.5) is 0 Å². The lowest BCUT2D eigenvalue weighted by atomic mass is 10.0. The first-order chi connectivity index (χ1) is 13.2. The second-order valence-electron chi connectivity index (χ2n) is 7.08. The van der Waals surface area contributed by atoms with Crippen molar-refractivity contribution in [2.24, 2.45) is 5.92 Å². The van der Waals surface area contributed by atoms with Gasteiger partial charge in [-0.2, -0.15) is 4.98 Å². The van der Waals surface area contributed by atoms with Gasteiger partial charge in [0, 0.05) is 18.5 Å². The van der Waals surface area contributed by atoms with E-state index in [0.717, 1.165) is 17.3 Å². The fourth-order valence-electron chi connectivity index (χ4n) is 2.64. The summed E-state index contributed by atoms with van der Waals surface area (Å²) in [6.45, 7) is 3.89. The van der Waals surface area contributed by atoms with Gasteiger partial charge in [-0.15, -0.1) is 0 Å². The maximum absolute atomic E-state index is 12.7. The molecule has 0 spiro atoms. The third-order valence-corrected chi connectivity index (χ3v) is 6.32. The summed E-state index contributed by atoms with van der Waals surface area (Å²) < 4.78 is 30.6. The highest BCUT2D eigenvalue weighted by molar-refractivity contribution is 7.89. The molecule has 9 nitrogen and oxygen atoms in total. The third-order valence-electron chi connectivity index (χ3n) is 4.63. The number of rotatable bonds is 8. The molecular weight excluding hydrogens is 384 g/mol. The predicted octanol–water partition coefficient (Wildman–Crippen LogP) is 2.26. The standard InChI is InChI=1S/C18H24N4O5S/c1-11(2)15(18-20-16(21-27-18)12-5-6-12)19-17(23)13-7-9-14(10-8-13)28(24,25)22(3)26-4/h7-12,15H,5-6H2,1-4H3,(H,19,23). The molecule has 1 N–H and O–H groups in total. The molecule has 28 heavy (non-hydrogen) atoms. The zero-order valence-electron chi connectivity index (χ0n) is 16.2. The number of carbonyl (C=O) groups excluding carboxylic acids is 1. The molecule has 152 valence electrons. The lowest BCUT2D eigenvalue weighted by molar-refractivity contribution is -0.0258. The minimum absolute atomic E-state index is 0.0276. The molecule has 1 aliphatic carbocycles. The first-order valence-electron chi connectivity index (χ1n) is 9.01. The molecule has 1 aliphatic rings. The predicted molar refractivity (Wildman–Crippen MR) is 99.7 cm³/mol. The summed E-state index contributed by atoms with van der Waals surface area (Å²) in [7, 11) is -1.21. The fourth-order valence-corrected chi connectivity index (χ4v) is 3.62. The number of nitrogens with zero attached hydrogens (tertiary/aromatic N) is 3. The topological polar surface area (TPSA) is 115 Å². The van der Waals surface area contributed by atoms with Crippen molar-refractivity contribution in [1.82, 2.24) is 19.9 Å². The van der Waals surface area contributed by atoms with Crippen molar-refractivity contribution in [2.45, 2.75) is 43.5 Å². The zero-order chi connectivity index (χ0) is 20.5. The van der Waals surface area contributed by atoms with Crippen LogP contribution in [-0.2, 0) is 14.9 Å². The molecule has 0 radical (unpaired) electrons. The van der Waals surface area contributed by atoms with Crippen LogP contribution in [-0.4, -0.2) is 43.1 Å². The highest BCUT2D eigenvalue weighted by Crippen LogP contribution is 2.38. The van der Waals surface area contributed by atoms with Gasteiger partial charge in [0.2, 0.25) is 5.89 Å². The average molecular weight is 408 g/mol. The number of nitrogens with one attached hydrogen (secondary N) is 1. The van der Waals surface area contributed by atoms with Gasteiger partial charge in [0.15, 0.2) is 5.82 Å². The van der Waals surface area contributed by atoms with Gasteiger partial charge >= 0.3 is 0 Å². The SMILES string of the molecule is CON(C)S(=O)(=O)c1ccc(C(=O)NC(c2nc(C3CC3)no2)C(C)C)cc1. The number of aromatic nitrogens is 2. The van der Waals surface area contributed by atoms with Gasteiger partial charge in [-0.25, -0.2) is 8.42 Å². The van der Waals surface area contributed by atoms with Gasteiger partial charge in [0.05, 0.1) is 12.0 Å². The minimum atomic E-state index is -3.76. The smallest absolute Gasteiger partial charge is 0.264 e. The lowest BCUT2D eigenvalue weighted by Gasteiger charge is -2.19. The van der Waals surface area contributed by atoms with Crippen LogP contribution in [0.2, 0.25) is 0 Å². The Labute approximate surface area is 164 Å². The normalized spacial score (nSPS) is 15.8. The van der Waals surface area contributed by atoms with E-state index in [-0.39, 0.29) is 16.7 Å². The summed E-state index contributed by atoms with van der Waals surface area (Å²) in [6.07, 6.45) is 2.12. The molecule has 0 saturated heterocycles. The Morgan fingerprint density at radius 2 is 1.93 bits per heavy atom. The van der Waals surface area contributed by atoms with Crippen LogP contribution in [0.1, 0.15) is 60.7 Å². The van der Waals surface area contributed by atoms with Crippen molar-refractivity contribution >= 4 is 15.9 Å². The van der Waals surface area contributed by atoms with Crippen LogP contribution in [0, 0.1) is 5.92 Å². The number of carbonyl (C=O) groups is 1. The van der Waals surface area contributed by atoms with Crippen molar-refractivity contribution < 1.29 is 22.6 Å². The van der Waals surface area contributed by atoms with E-state index in [9.17, 15) is 13.2 Å². The largest absolute Gasteiger partial charge is 0.340 e. The number of sulfonamides is 1. The second-order valence-corrected chi connectivity index (χ2v) is 9.02. The van der Waals surface area contributed by atoms with Crippen molar-refractivity contribution in [3.8, 4) is 0 Å². The molecule has 0 aliphatic heterocycles. The Morgan fingerprint density at radius 3 is 2.46 bits per heavy atom. The monoisotopic (exact) mass is 408 g/mol. The summed E-state index contributed by atoms with van der Waals surface area (Å²) in [5.41, 5.74) is 0.326. The molecule has 3 rings (SSSR count). The van der Waals surface area contributed by atoms with Crippen LogP contribution in [0.5, 0.6) is 0 Å². The Balaban J connectivity index is 1.74. The van der Waals surface area contributed by atoms with Crippen LogP contribution in [0.3, 0.4) is 0 Å². The summed E-state index contributed by atoms with van der Waals surface area (Å²) in [5, 5.41) is 6.90. The van der Waals surface area contributed by atoms with E-state index in [1.807, 2.05) is 13.8 Å². The first kappa shape index (κ1) is 20.4. The Morgan fingerprint density at radius 1 is 1.29 bits per heavy atom. The van der Waals surface area contributed by atoms with Gasteiger partial charge < -0.3 is 9.84 Å². The molecule has 1 aromatic heterocycles. The fraction of sp³-hybridized carbons (Fsp3) is 0.500. The van der Waals surface area contributed by atoms with E-state index >= 15 is 0 Å². The maximum atomic E-state index is 12.7. The van der Waals surface area contributed by atoms with Crippen LogP contribution >= 0.6 is 0 Å². The summed E-state index contributed by atoms with van der Waals surface area (Å²) in [6, 6.07) is 5.19. The van der Waals surface area contributed by atoms with E-state index in [2.05, 4.69) is 15.5 Å². The number of hydrogen-bond donors (Lipinski definition) is 1. The summed E-state index contributed by atoms with van der Waals surface area (Å²) in [4.78, 5) is 21.8. The Bertz CT molecular complexity index is 935. The Kier molecular flexibility index (Phi) is 5.82. The van der Waals surface area contributed by atoms with E-state index in [0.29, 0.717) is 23.2 Å². The quantitative estimate of drug-likeness (QED) is 0.666. The zero-order valence-corrected chi connectivity index (χ0v) is 17.1. The summed E-state index contributed by atoms with van der Waals surface area (Å²) in [5.74, 6) is 1.11. The second kappa shape index (κ2) is 7.98. The summed E-state index contributed by atoms with van der Waals surface area (Å²) >= 11 is 0. The van der Waals surface area contributed by atoms with E-state index in [1.165, 1.54) is 38.4 Å². The van der Waals surface area contributed by atoms with Gasteiger partial charge in [0.25, 0.3) is 15.9 Å². The Hall–Kier alpha value is -2.30. The number of hydrogen-bond acceptors (Lipinski definition) is 7. The first-order valence-corrected chi connectivity index (χ1v) is 10.5. The van der Waals surface area contributed by atoms with Crippen molar-refractivity contribution in [1.29, 1.82) is 0 Å². The van der Waals surface area contributed by atoms with E-state index in [4.69, 9.17) is 9.36 Å². The van der Waals surface area contributed by atoms with Crippen molar-refractivity contribution in [2.75, 3.05) is 14.2 Å². The number of amides is 1. The molecule has 0 bridgehead atoms. The van der Waals surface area contributed by atoms with E-state index in [1.54, 1.807) is 0 Å². The van der Waals surface area contributed by atoms with Crippen molar-refractivity contribution in [3.63, 3.8) is 0 Å². The molecule has 1 heterocycles. The molecule has 10 heteroatoms. The minimum Gasteiger partial charge on any atom is -0.340 e. The number of hydroxylamine groups is 1. The highest BCUT2D eigenvalue weighted by atomic mass is 32.2. The molecule has 1 unspecified atom stereocenters. The van der Waals surface area contributed by atoms with Gasteiger partial charge in [0.1, 0.15) is 6.04 Å². The maximum Gasteiger partial charge on any atom is 0.264 e. The number of benzene rings is 1. The molecular formula is C18H24N4O5S. The molecule has 1 saturated carbocycles. The van der Waals surface area contributed by atoms with Gasteiger partial charge in [-0.3, -0.25) is 9.63 Å². The molecule has 1 amide bonds. The lowest BCUT2D eigenvalue weighted by Crippen LogP contribution is -2.32. The average Bonchev–Trinajstić information content (AvgIpc) is 3.42. The van der Waals surface area contributed by atoms with Crippen LogP contribution < -0.4 is 5.32 Å². The van der Waals surface area contributed by atoms with Crippen LogP contribution in [0.25, 0.3) is 0 Å². The van der Waals surface area contributed by atoms with Crippen molar-refractivity contribution in [3.05, 3.63) is 41.5 Å². The molecule has 1 atom stereocenters. The molecule has 1 aromatic carbocycles. The van der Waals surface area contributed by atoms with E-state index < -0.39 is 16.1 Å². The molecule has 2 aromatic rings. The molecule has 1 fully saturated rings. The van der Waals surface area contributed by atoms with Gasteiger partial charge in [-0.05, 0) is 43.0 Å². The van der Waals surface area contributed by atoms with Crippen LogP contribution in [0.15, 0.2) is 33.7 Å². The van der Waals surface area contributed by atoms with Gasteiger partial charge in [-0.1, -0.05) is 23.5 Å². The third kappa shape index (κ3) is 4.23.